The normalized spacial score (nSPS) is 14.4. The zero-order valence-electron chi connectivity index (χ0n) is 21.1. The average Bonchev–Trinajstić information content (AvgIpc) is 2.92. The number of piperazine rings is 1. The summed E-state index contributed by atoms with van der Waals surface area (Å²) >= 11 is 0. The first-order chi connectivity index (χ1) is 17.5. The SMILES string of the molecule is CN1CCN(CCCNC(=O)c2ccnc(Cc3cccc(C(=O)N(C)c4ccncc4)c3)c2)CC1. The van der Waals surface area contributed by atoms with Gasteiger partial charge in [-0.05, 0) is 62.0 Å². The lowest BCUT2D eigenvalue weighted by molar-refractivity contribution is 0.0948. The lowest BCUT2D eigenvalue weighted by Crippen LogP contribution is -2.45. The van der Waals surface area contributed by atoms with Gasteiger partial charge in [0.25, 0.3) is 11.8 Å². The molecule has 3 aromatic rings. The summed E-state index contributed by atoms with van der Waals surface area (Å²) in [5.74, 6) is -0.180. The quantitative estimate of drug-likeness (QED) is 0.469. The summed E-state index contributed by atoms with van der Waals surface area (Å²) in [6, 6.07) is 14.7. The van der Waals surface area contributed by atoms with Crippen LogP contribution in [0.2, 0.25) is 0 Å². The molecule has 188 valence electrons. The van der Waals surface area contributed by atoms with Crippen molar-refractivity contribution in [2.45, 2.75) is 12.8 Å². The van der Waals surface area contributed by atoms with Crippen molar-refractivity contribution in [1.82, 2.24) is 25.1 Å². The van der Waals surface area contributed by atoms with Gasteiger partial charge in [-0.25, -0.2) is 0 Å². The molecule has 0 bridgehead atoms. The number of hydrogen-bond acceptors (Lipinski definition) is 6. The largest absolute Gasteiger partial charge is 0.352 e. The van der Waals surface area contributed by atoms with Crippen LogP contribution in [-0.4, -0.2) is 84.9 Å². The lowest BCUT2D eigenvalue weighted by Gasteiger charge is -2.32. The van der Waals surface area contributed by atoms with Crippen LogP contribution in [0.25, 0.3) is 0 Å². The third kappa shape index (κ3) is 6.96. The van der Waals surface area contributed by atoms with Crippen molar-refractivity contribution >= 4 is 17.5 Å². The minimum absolute atomic E-state index is 0.0834. The first-order valence-corrected chi connectivity index (χ1v) is 12.4. The summed E-state index contributed by atoms with van der Waals surface area (Å²) in [5.41, 5.74) is 3.73. The van der Waals surface area contributed by atoms with Crippen molar-refractivity contribution in [3.05, 3.63) is 89.5 Å². The van der Waals surface area contributed by atoms with Crippen LogP contribution in [0, 0.1) is 0 Å². The molecule has 1 fully saturated rings. The molecule has 4 rings (SSSR count). The minimum atomic E-state index is -0.0966. The van der Waals surface area contributed by atoms with Crippen molar-refractivity contribution in [2.24, 2.45) is 0 Å². The van der Waals surface area contributed by atoms with Crippen molar-refractivity contribution in [1.29, 1.82) is 0 Å². The molecular weight excluding hydrogens is 452 g/mol. The second-order valence-electron chi connectivity index (χ2n) is 9.24. The van der Waals surface area contributed by atoms with Gasteiger partial charge in [0.05, 0.1) is 0 Å². The lowest BCUT2D eigenvalue weighted by atomic mass is 10.0. The Balaban J connectivity index is 1.31. The highest BCUT2D eigenvalue weighted by Gasteiger charge is 2.15. The number of nitrogens with zero attached hydrogens (tertiary/aromatic N) is 5. The van der Waals surface area contributed by atoms with Gasteiger partial charge in [0.1, 0.15) is 0 Å². The van der Waals surface area contributed by atoms with Crippen LogP contribution in [0.4, 0.5) is 5.69 Å². The number of aromatic nitrogens is 2. The van der Waals surface area contributed by atoms with Crippen molar-refractivity contribution in [3.8, 4) is 0 Å². The van der Waals surface area contributed by atoms with Crippen LogP contribution in [0.15, 0.2) is 67.1 Å². The molecule has 8 heteroatoms. The van der Waals surface area contributed by atoms with E-state index in [4.69, 9.17) is 0 Å². The monoisotopic (exact) mass is 486 g/mol. The van der Waals surface area contributed by atoms with Gasteiger partial charge in [-0.15, -0.1) is 0 Å². The highest BCUT2D eigenvalue weighted by molar-refractivity contribution is 6.05. The highest BCUT2D eigenvalue weighted by Crippen LogP contribution is 2.17. The number of likely N-dealkylation sites (N-methyl/N-ethyl adjacent to an activating group) is 1. The van der Waals surface area contributed by atoms with E-state index in [-0.39, 0.29) is 11.8 Å². The number of rotatable bonds is 9. The molecule has 1 saturated heterocycles. The van der Waals surface area contributed by atoms with Crippen molar-refractivity contribution in [3.63, 3.8) is 0 Å². The summed E-state index contributed by atoms with van der Waals surface area (Å²) in [6.45, 7) is 6.03. The summed E-state index contributed by atoms with van der Waals surface area (Å²) in [6.07, 6.45) is 6.46. The van der Waals surface area contributed by atoms with E-state index in [0.29, 0.717) is 24.1 Å². The summed E-state index contributed by atoms with van der Waals surface area (Å²) in [5, 5.41) is 3.03. The Labute approximate surface area is 213 Å². The minimum Gasteiger partial charge on any atom is -0.352 e. The molecule has 1 N–H and O–H groups in total. The number of pyridine rings is 2. The molecule has 0 spiro atoms. The van der Waals surface area contributed by atoms with Crippen molar-refractivity contribution in [2.75, 3.05) is 58.3 Å². The number of carbonyl (C=O) groups is 2. The van der Waals surface area contributed by atoms with Crippen LogP contribution < -0.4 is 10.2 Å². The summed E-state index contributed by atoms with van der Waals surface area (Å²) < 4.78 is 0. The van der Waals surface area contributed by atoms with E-state index in [1.54, 1.807) is 48.7 Å². The molecule has 2 aromatic heterocycles. The molecule has 8 nitrogen and oxygen atoms in total. The van der Waals surface area contributed by atoms with Gasteiger partial charge in [0.2, 0.25) is 0 Å². The van der Waals surface area contributed by atoms with E-state index in [9.17, 15) is 9.59 Å². The van der Waals surface area contributed by atoms with Crippen molar-refractivity contribution < 1.29 is 9.59 Å². The fourth-order valence-corrected chi connectivity index (χ4v) is 4.30. The number of anilines is 1. The molecule has 0 unspecified atom stereocenters. The Morgan fingerprint density at radius 3 is 2.53 bits per heavy atom. The first kappa shape index (κ1) is 25.5. The molecule has 0 radical (unpaired) electrons. The molecular formula is C28H34N6O2. The Bertz CT molecular complexity index is 1160. The second-order valence-corrected chi connectivity index (χ2v) is 9.24. The maximum atomic E-state index is 13.0. The number of carbonyl (C=O) groups excluding carboxylic acids is 2. The number of benzene rings is 1. The predicted molar refractivity (Wildman–Crippen MR) is 141 cm³/mol. The van der Waals surface area contributed by atoms with Gasteiger partial charge in [-0.2, -0.15) is 0 Å². The van der Waals surface area contributed by atoms with E-state index >= 15 is 0 Å². The fourth-order valence-electron chi connectivity index (χ4n) is 4.30. The third-order valence-electron chi connectivity index (χ3n) is 6.53. The number of amides is 2. The van der Waals surface area contributed by atoms with E-state index in [2.05, 4.69) is 32.1 Å². The maximum Gasteiger partial charge on any atom is 0.258 e. The molecule has 1 aliphatic rings. The molecule has 0 aliphatic carbocycles. The van der Waals surface area contributed by atoms with Gasteiger partial charge in [0.15, 0.2) is 0 Å². The second kappa shape index (κ2) is 12.4. The van der Waals surface area contributed by atoms with E-state index in [1.165, 1.54) is 0 Å². The Kier molecular flexibility index (Phi) is 8.76. The van der Waals surface area contributed by atoms with Crippen LogP contribution in [0.5, 0.6) is 0 Å². The number of nitrogens with one attached hydrogen (secondary N) is 1. The van der Waals surface area contributed by atoms with Crippen LogP contribution in [0.3, 0.4) is 0 Å². The molecule has 2 amide bonds. The van der Waals surface area contributed by atoms with Gasteiger partial charge in [-0.3, -0.25) is 19.6 Å². The van der Waals surface area contributed by atoms with Gasteiger partial charge >= 0.3 is 0 Å². The van der Waals surface area contributed by atoms with Gasteiger partial charge in [0, 0.05) is 87.3 Å². The topological polar surface area (TPSA) is 81.7 Å². The zero-order chi connectivity index (χ0) is 25.3. The zero-order valence-corrected chi connectivity index (χ0v) is 21.1. The Hall–Kier alpha value is -3.62. The molecule has 0 saturated carbocycles. The molecule has 1 aromatic carbocycles. The van der Waals surface area contributed by atoms with E-state index in [0.717, 1.165) is 56.1 Å². The fraction of sp³-hybridized carbons (Fsp3) is 0.357. The van der Waals surface area contributed by atoms with E-state index in [1.807, 2.05) is 30.3 Å². The smallest absolute Gasteiger partial charge is 0.258 e. The number of hydrogen-bond donors (Lipinski definition) is 1. The average molecular weight is 487 g/mol. The maximum absolute atomic E-state index is 13.0. The van der Waals surface area contributed by atoms with Gasteiger partial charge < -0.3 is 20.0 Å². The molecule has 36 heavy (non-hydrogen) atoms. The standard InChI is InChI=1S/C28H34N6O2/c1-32-15-17-34(18-16-32)14-4-10-31-27(35)23-7-13-30-25(21-23)20-22-5-3-6-24(19-22)28(36)33(2)26-8-11-29-12-9-26/h3,5-9,11-13,19,21H,4,10,14-18,20H2,1-2H3,(H,31,35). The van der Waals surface area contributed by atoms with Crippen LogP contribution in [0.1, 0.15) is 38.4 Å². The molecule has 0 atom stereocenters. The predicted octanol–water partition coefficient (Wildman–Crippen LogP) is 2.71. The first-order valence-electron chi connectivity index (χ1n) is 12.4. The molecule has 3 heterocycles. The summed E-state index contributed by atoms with van der Waals surface area (Å²) in [4.78, 5) is 40.5. The Morgan fingerprint density at radius 1 is 0.972 bits per heavy atom. The summed E-state index contributed by atoms with van der Waals surface area (Å²) in [7, 11) is 3.90. The molecule has 1 aliphatic heterocycles. The Morgan fingerprint density at radius 2 is 1.75 bits per heavy atom. The van der Waals surface area contributed by atoms with Gasteiger partial charge in [-0.1, -0.05) is 12.1 Å². The van der Waals surface area contributed by atoms with E-state index < -0.39 is 0 Å². The highest BCUT2D eigenvalue weighted by atomic mass is 16.2. The van der Waals surface area contributed by atoms with Crippen LogP contribution in [-0.2, 0) is 6.42 Å². The van der Waals surface area contributed by atoms with Crippen LogP contribution >= 0.6 is 0 Å². The third-order valence-corrected chi connectivity index (χ3v) is 6.53.